The van der Waals surface area contributed by atoms with E-state index in [0.717, 1.165) is 16.3 Å². The predicted molar refractivity (Wildman–Crippen MR) is 108 cm³/mol. The molecule has 28 heavy (non-hydrogen) atoms. The highest BCUT2D eigenvalue weighted by Crippen LogP contribution is 2.31. The third-order valence-electron chi connectivity index (χ3n) is 4.61. The van der Waals surface area contributed by atoms with Crippen LogP contribution in [0.1, 0.15) is 27.7 Å². The van der Waals surface area contributed by atoms with Crippen LogP contribution in [0.2, 0.25) is 0 Å². The minimum Gasteiger partial charge on any atom is -0.497 e. The molecule has 1 atom stereocenters. The molecule has 0 saturated heterocycles. The van der Waals surface area contributed by atoms with Crippen LogP contribution < -0.4 is 4.74 Å². The number of carbonyl (C=O) groups excluding carboxylic acids is 1. The molecule has 3 aromatic carbocycles. The average Bonchev–Trinajstić information content (AvgIpc) is 2.77. The maximum Gasteiger partial charge on any atom is 0.339 e. The number of hydrogen-bond donors (Lipinski definition) is 0. The molecule has 0 saturated carbocycles. The van der Waals surface area contributed by atoms with Crippen molar-refractivity contribution in [3.63, 3.8) is 0 Å². The SMILES string of the molecule is COc1ccc(C(=O)O[C@@H](c2ccccc2)c2nccc3ccccc23)cc1. The van der Waals surface area contributed by atoms with Gasteiger partial charge in [0.2, 0.25) is 0 Å². The van der Waals surface area contributed by atoms with Gasteiger partial charge in [-0.1, -0.05) is 54.6 Å². The van der Waals surface area contributed by atoms with E-state index in [1.54, 1.807) is 37.6 Å². The second kappa shape index (κ2) is 7.92. The van der Waals surface area contributed by atoms with Crippen molar-refractivity contribution in [2.75, 3.05) is 7.11 Å². The third kappa shape index (κ3) is 3.58. The van der Waals surface area contributed by atoms with E-state index in [1.165, 1.54) is 0 Å². The summed E-state index contributed by atoms with van der Waals surface area (Å²) < 4.78 is 11.1. The van der Waals surface area contributed by atoms with Crippen LogP contribution in [0.3, 0.4) is 0 Å². The van der Waals surface area contributed by atoms with Crippen molar-refractivity contribution in [2.45, 2.75) is 6.10 Å². The highest BCUT2D eigenvalue weighted by Gasteiger charge is 2.23. The Morgan fingerprint density at radius 1 is 0.857 bits per heavy atom. The predicted octanol–water partition coefficient (Wildman–Crippen LogP) is 5.19. The summed E-state index contributed by atoms with van der Waals surface area (Å²) in [5, 5.41) is 2.01. The second-order valence-electron chi connectivity index (χ2n) is 6.34. The maximum absolute atomic E-state index is 12.8. The fourth-order valence-electron chi connectivity index (χ4n) is 3.16. The molecule has 4 aromatic rings. The Kier molecular flexibility index (Phi) is 5.02. The Balaban J connectivity index is 1.75. The first-order chi connectivity index (χ1) is 13.8. The van der Waals surface area contributed by atoms with Crippen molar-refractivity contribution in [1.29, 1.82) is 0 Å². The molecule has 4 rings (SSSR count). The molecule has 0 N–H and O–H groups in total. The number of hydrogen-bond acceptors (Lipinski definition) is 4. The first kappa shape index (κ1) is 17.7. The first-order valence-corrected chi connectivity index (χ1v) is 9.00. The quantitative estimate of drug-likeness (QED) is 0.454. The van der Waals surface area contributed by atoms with Gasteiger partial charge in [0.25, 0.3) is 0 Å². The molecule has 4 heteroatoms. The average molecular weight is 369 g/mol. The monoisotopic (exact) mass is 369 g/mol. The fourth-order valence-corrected chi connectivity index (χ4v) is 3.16. The molecular weight excluding hydrogens is 350 g/mol. The van der Waals surface area contributed by atoms with Crippen LogP contribution in [-0.4, -0.2) is 18.1 Å². The lowest BCUT2D eigenvalue weighted by molar-refractivity contribution is 0.0373. The van der Waals surface area contributed by atoms with Gasteiger partial charge in [-0.2, -0.15) is 0 Å². The zero-order chi connectivity index (χ0) is 19.3. The number of methoxy groups -OCH3 is 1. The summed E-state index contributed by atoms with van der Waals surface area (Å²) >= 11 is 0. The summed E-state index contributed by atoms with van der Waals surface area (Å²) in [4.78, 5) is 17.4. The van der Waals surface area contributed by atoms with Gasteiger partial charge in [-0.15, -0.1) is 0 Å². The van der Waals surface area contributed by atoms with Crippen molar-refractivity contribution >= 4 is 16.7 Å². The topological polar surface area (TPSA) is 48.4 Å². The van der Waals surface area contributed by atoms with E-state index >= 15 is 0 Å². The van der Waals surface area contributed by atoms with Crippen molar-refractivity contribution in [2.24, 2.45) is 0 Å². The molecule has 0 aliphatic carbocycles. The molecule has 4 nitrogen and oxygen atoms in total. The number of esters is 1. The minimum atomic E-state index is -0.609. The number of benzene rings is 3. The molecule has 0 aliphatic heterocycles. The molecule has 0 unspecified atom stereocenters. The van der Waals surface area contributed by atoms with Gasteiger partial charge >= 0.3 is 5.97 Å². The number of fused-ring (bicyclic) bond motifs is 1. The summed E-state index contributed by atoms with van der Waals surface area (Å²) in [7, 11) is 1.59. The van der Waals surface area contributed by atoms with Gasteiger partial charge in [-0.3, -0.25) is 4.98 Å². The largest absolute Gasteiger partial charge is 0.497 e. The number of carbonyl (C=O) groups is 1. The van der Waals surface area contributed by atoms with Crippen molar-refractivity contribution in [3.8, 4) is 5.75 Å². The third-order valence-corrected chi connectivity index (χ3v) is 4.61. The lowest BCUT2D eigenvalue weighted by Gasteiger charge is -2.19. The number of ether oxygens (including phenoxy) is 2. The van der Waals surface area contributed by atoms with Crippen LogP contribution in [0.4, 0.5) is 0 Å². The van der Waals surface area contributed by atoms with Crippen molar-refractivity contribution in [3.05, 3.63) is 108 Å². The van der Waals surface area contributed by atoms with Gasteiger partial charge in [-0.25, -0.2) is 4.79 Å². The zero-order valence-corrected chi connectivity index (χ0v) is 15.4. The number of pyridine rings is 1. The summed E-state index contributed by atoms with van der Waals surface area (Å²) in [5.74, 6) is 0.276. The van der Waals surface area contributed by atoms with Crippen molar-refractivity contribution < 1.29 is 14.3 Å². The lowest BCUT2D eigenvalue weighted by atomic mass is 10.0. The van der Waals surface area contributed by atoms with Crippen LogP contribution in [0.15, 0.2) is 91.1 Å². The first-order valence-electron chi connectivity index (χ1n) is 9.00. The Bertz CT molecular complexity index is 1090. The van der Waals surface area contributed by atoms with Gasteiger partial charge in [0.1, 0.15) is 5.75 Å². The Morgan fingerprint density at radius 2 is 1.57 bits per heavy atom. The molecule has 1 aromatic heterocycles. The van der Waals surface area contributed by atoms with Gasteiger partial charge in [0.15, 0.2) is 6.10 Å². The normalized spacial score (nSPS) is 11.8. The summed E-state index contributed by atoms with van der Waals surface area (Å²) in [6.45, 7) is 0. The Labute approximate surface area is 163 Å². The molecule has 1 heterocycles. The van der Waals surface area contributed by atoms with Crippen LogP contribution in [-0.2, 0) is 4.74 Å². The van der Waals surface area contributed by atoms with Crippen molar-refractivity contribution in [1.82, 2.24) is 4.98 Å². The fraction of sp³-hybridized carbons (Fsp3) is 0.0833. The van der Waals surface area contributed by atoms with E-state index in [1.807, 2.05) is 60.7 Å². The van der Waals surface area contributed by atoms with E-state index in [-0.39, 0.29) is 0 Å². The van der Waals surface area contributed by atoms with E-state index in [0.29, 0.717) is 17.0 Å². The molecular formula is C24H19NO3. The number of nitrogens with zero attached hydrogens (tertiary/aromatic N) is 1. The van der Waals surface area contributed by atoms with E-state index in [2.05, 4.69) is 4.98 Å². The summed E-state index contributed by atoms with van der Waals surface area (Å²) in [6.07, 6.45) is 1.14. The molecule has 0 aliphatic rings. The van der Waals surface area contributed by atoms with Crippen LogP contribution in [0.25, 0.3) is 10.8 Å². The molecule has 138 valence electrons. The molecule has 0 amide bonds. The van der Waals surface area contributed by atoms with Crippen LogP contribution >= 0.6 is 0 Å². The Morgan fingerprint density at radius 3 is 2.32 bits per heavy atom. The highest BCUT2D eigenvalue weighted by molar-refractivity contribution is 5.90. The molecule has 0 spiro atoms. The van der Waals surface area contributed by atoms with Gasteiger partial charge in [0, 0.05) is 11.6 Å². The van der Waals surface area contributed by atoms with E-state index in [4.69, 9.17) is 9.47 Å². The smallest absolute Gasteiger partial charge is 0.339 e. The zero-order valence-electron chi connectivity index (χ0n) is 15.4. The van der Waals surface area contributed by atoms with Crippen LogP contribution in [0.5, 0.6) is 5.75 Å². The Hall–Kier alpha value is -3.66. The number of rotatable bonds is 5. The van der Waals surface area contributed by atoms with E-state index < -0.39 is 12.1 Å². The van der Waals surface area contributed by atoms with Gasteiger partial charge in [0.05, 0.1) is 18.4 Å². The molecule has 0 bridgehead atoms. The summed E-state index contributed by atoms with van der Waals surface area (Å²) in [6, 6.07) is 26.4. The van der Waals surface area contributed by atoms with Crippen LogP contribution in [0, 0.1) is 0 Å². The summed E-state index contributed by atoms with van der Waals surface area (Å²) in [5.41, 5.74) is 2.04. The van der Waals surface area contributed by atoms with Gasteiger partial charge in [-0.05, 0) is 41.3 Å². The lowest BCUT2D eigenvalue weighted by Crippen LogP contribution is -2.14. The minimum absolute atomic E-state index is 0.411. The number of aromatic nitrogens is 1. The molecule has 0 radical (unpaired) electrons. The highest BCUT2D eigenvalue weighted by atomic mass is 16.5. The maximum atomic E-state index is 12.8. The molecule has 0 fully saturated rings. The second-order valence-corrected chi connectivity index (χ2v) is 6.34. The standard InChI is InChI=1S/C24H19NO3/c1-27-20-13-11-19(12-14-20)24(26)28-23(18-8-3-2-4-9-18)22-21-10-6-5-7-17(21)15-16-25-22/h2-16,23H,1H3/t23-/m0/s1. The van der Waals surface area contributed by atoms with E-state index in [9.17, 15) is 4.79 Å². The van der Waals surface area contributed by atoms with Gasteiger partial charge < -0.3 is 9.47 Å².